The maximum atomic E-state index is 12.8. The second kappa shape index (κ2) is 7.00. The number of anilines is 1. The lowest BCUT2D eigenvalue weighted by Crippen LogP contribution is -2.38. The maximum absolute atomic E-state index is 12.8. The molecule has 0 spiro atoms. The molecule has 0 aliphatic carbocycles. The number of aromatic nitrogens is 1. The molecule has 4 heteroatoms. The van der Waals surface area contributed by atoms with Crippen LogP contribution >= 0.6 is 0 Å². The zero-order valence-electron chi connectivity index (χ0n) is 14.7. The van der Waals surface area contributed by atoms with Gasteiger partial charge in [-0.1, -0.05) is 35.9 Å². The van der Waals surface area contributed by atoms with Crippen LogP contribution in [-0.2, 0) is 13.0 Å². The molecule has 0 radical (unpaired) electrons. The minimum Gasteiger partial charge on any atom is -0.489 e. The quantitative estimate of drug-likeness (QED) is 0.713. The summed E-state index contributed by atoms with van der Waals surface area (Å²) < 4.78 is 5.78. The molecule has 130 valence electrons. The number of nitrogens with zero attached hydrogens (tertiary/aromatic N) is 2. The van der Waals surface area contributed by atoms with Crippen LogP contribution in [0.15, 0.2) is 66.9 Å². The summed E-state index contributed by atoms with van der Waals surface area (Å²) in [4.78, 5) is 19.1. The van der Waals surface area contributed by atoms with Gasteiger partial charge in [-0.2, -0.15) is 0 Å². The standard InChI is InChI=1S/C22H20N2O2/c1-16-7-9-19(10-8-16)24-12-11-18-13-17(14-23-21(18)22(24)25)15-26-20-5-3-2-4-6-20/h2-10,13-14H,11-12,15H2,1H3. The zero-order valence-corrected chi connectivity index (χ0v) is 14.7. The van der Waals surface area contributed by atoms with Gasteiger partial charge in [0.2, 0.25) is 0 Å². The van der Waals surface area contributed by atoms with E-state index in [-0.39, 0.29) is 5.91 Å². The van der Waals surface area contributed by atoms with Crippen molar-refractivity contribution in [3.63, 3.8) is 0 Å². The highest BCUT2D eigenvalue weighted by atomic mass is 16.5. The number of hydrogen-bond acceptors (Lipinski definition) is 3. The molecule has 0 N–H and O–H groups in total. The molecular weight excluding hydrogens is 324 g/mol. The van der Waals surface area contributed by atoms with Gasteiger partial charge in [0.15, 0.2) is 0 Å². The van der Waals surface area contributed by atoms with E-state index in [0.29, 0.717) is 18.8 Å². The summed E-state index contributed by atoms with van der Waals surface area (Å²) in [5, 5.41) is 0. The molecule has 3 aromatic rings. The molecule has 4 nitrogen and oxygen atoms in total. The SMILES string of the molecule is Cc1ccc(N2CCc3cc(COc4ccccc4)cnc3C2=O)cc1. The third-order valence-corrected chi connectivity index (χ3v) is 4.57. The van der Waals surface area contributed by atoms with Crippen molar-refractivity contribution in [2.45, 2.75) is 20.0 Å². The Morgan fingerprint density at radius 3 is 2.62 bits per heavy atom. The van der Waals surface area contributed by atoms with Gasteiger partial charge >= 0.3 is 0 Å². The number of pyridine rings is 1. The number of benzene rings is 2. The van der Waals surface area contributed by atoms with Gasteiger partial charge in [-0.3, -0.25) is 9.78 Å². The van der Waals surface area contributed by atoms with Crippen molar-refractivity contribution in [3.05, 3.63) is 89.2 Å². The highest BCUT2D eigenvalue weighted by molar-refractivity contribution is 6.06. The van der Waals surface area contributed by atoms with E-state index in [1.165, 1.54) is 5.56 Å². The largest absolute Gasteiger partial charge is 0.489 e. The van der Waals surface area contributed by atoms with E-state index in [9.17, 15) is 4.79 Å². The smallest absolute Gasteiger partial charge is 0.277 e. The number of amides is 1. The molecule has 0 atom stereocenters. The fourth-order valence-electron chi connectivity index (χ4n) is 3.14. The summed E-state index contributed by atoms with van der Waals surface area (Å²) in [5.41, 5.74) is 4.61. The highest BCUT2D eigenvalue weighted by Gasteiger charge is 2.27. The summed E-state index contributed by atoms with van der Waals surface area (Å²) in [7, 11) is 0. The molecule has 0 fully saturated rings. The van der Waals surface area contributed by atoms with Crippen LogP contribution in [-0.4, -0.2) is 17.4 Å². The van der Waals surface area contributed by atoms with E-state index >= 15 is 0 Å². The molecule has 4 rings (SSSR count). The monoisotopic (exact) mass is 344 g/mol. The first-order valence-electron chi connectivity index (χ1n) is 8.75. The van der Waals surface area contributed by atoms with Crippen molar-refractivity contribution in [2.24, 2.45) is 0 Å². The molecule has 1 aliphatic heterocycles. The predicted octanol–water partition coefficient (Wildman–Crippen LogP) is 4.17. The van der Waals surface area contributed by atoms with Gasteiger partial charge in [0.25, 0.3) is 5.91 Å². The molecule has 2 aromatic carbocycles. The number of carbonyl (C=O) groups excluding carboxylic acids is 1. The molecule has 1 amide bonds. The molecular formula is C22H20N2O2. The van der Waals surface area contributed by atoms with Crippen molar-refractivity contribution < 1.29 is 9.53 Å². The van der Waals surface area contributed by atoms with E-state index < -0.39 is 0 Å². The number of rotatable bonds is 4. The van der Waals surface area contributed by atoms with Gasteiger partial charge < -0.3 is 9.64 Å². The molecule has 0 unspecified atom stereocenters. The Morgan fingerprint density at radius 2 is 1.85 bits per heavy atom. The number of ether oxygens (including phenoxy) is 1. The Hall–Kier alpha value is -3.14. The topological polar surface area (TPSA) is 42.4 Å². The number of aryl methyl sites for hydroxylation is 1. The summed E-state index contributed by atoms with van der Waals surface area (Å²) in [6, 6.07) is 19.8. The second-order valence-corrected chi connectivity index (χ2v) is 6.50. The Morgan fingerprint density at radius 1 is 1.08 bits per heavy atom. The lowest BCUT2D eigenvalue weighted by atomic mass is 10.0. The number of fused-ring (bicyclic) bond motifs is 1. The molecule has 1 aliphatic rings. The average Bonchev–Trinajstić information content (AvgIpc) is 2.68. The highest BCUT2D eigenvalue weighted by Crippen LogP contribution is 2.24. The van der Waals surface area contributed by atoms with Crippen LogP contribution in [0.4, 0.5) is 5.69 Å². The molecule has 2 heterocycles. The van der Waals surface area contributed by atoms with Crippen molar-refractivity contribution in [2.75, 3.05) is 11.4 Å². The van der Waals surface area contributed by atoms with Gasteiger partial charge in [-0.15, -0.1) is 0 Å². The van der Waals surface area contributed by atoms with Crippen LogP contribution in [0.5, 0.6) is 5.75 Å². The fraction of sp³-hybridized carbons (Fsp3) is 0.182. The lowest BCUT2D eigenvalue weighted by Gasteiger charge is -2.28. The first-order chi connectivity index (χ1) is 12.7. The first-order valence-corrected chi connectivity index (χ1v) is 8.75. The third-order valence-electron chi connectivity index (χ3n) is 4.57. The number of carbonyl (C=O) groups is 1. The second-order valence-electron chi connectivity index (χ2n) is 6.50. The van der Waals surface area contributed by atoms with Crippen LogP contribution < -0.4 is 9.64 Å². The normalized spacial score (nSPS) is 13.4. The van der Waals surface area contributed by atoms with E-state index in [0.717, 1.165) is 29.0 Å². The van der Waals surface area contributed by atoms with E-state index in [2.05, 4.69) is 4.98 Å². The van der Waals surface area contributed by atoms with Crippen LogP contribution in [0.3, 0.4) is 0 Å². The van der Waals surface area contributed by atoms with Crippen molar-refractivity contribution in [3.8, 4) is 5.75 Å². The Balaban J connectivity index is 1.51. The van der Waals surface area contributed by atoms with Gasteiger partial charge in [0.1, 0.15) is 18.1 Å². The van der Waals surface area contributed by atoms with E-state index in [1.807, 2.05) is 67.6 Å². The molecule has 1 aromatic heterocycles. The summed E-state index contributed by atoms with van der Waals surface area (Å²) in [5.74, 6) is 0.789. The minimum atomic E-state index is -0.0365. The first kappa shape index (κ1) is 16.3. The average molecular weight is 344 g/mol. The molecule has 0 saturated carbocycles. The molecule has 0 bridgehead atoms. The fourth-order valence-corrected chi connectivity index (χ4v) is 3.14. The Kier molecular flexibility index (Phi) is 4.40. The van der Waals surface area contributed by atoms with E-state index in [4.69, 9.17) is 4.74 Å². The summed E-state index contributed by atoms with van der Waals surface area (Å²) in [6.45, 7) is 3.15. The number of para-hydroxylation sites is 1. The van der Waals surface area contributed by atoms with Crippen LogP contribution in [0, 0.1) is 6.92 Å². The number of hydrogen-bond donors (Lipinski definition) is 0. The molecule has 0 saturated heterocycles. The summed E-state index contributed by atoms with van der Waals surface area (Å²) in [6.07, 6.45) is 2.53. The lowest BCUT2D eigenvalue weighted by molar-refractivity contribution is 0.0975. The van der Waals surface area contributed by atoms with Crippen molar-refractivity contribution >= 4 is 11.6 Å². The van der Waals surface area contributed by atoms with Crippen LogP contribution in [0.25, 0.3) is 0 Å². The zero-order chi connectivity index (χ0) is 17.9. The van der Waals surface area contributed by atoms with Crippen LogP contribution in [0.2, 0.25) is 0 Å². The summed E-state index contributed by atoms with van der Waals surface area (Å²) >= 11 is 0. The maximum Gasteiger partial charge on any atom is 0.277 e. The Bertz CT molecular complexity index is 921. The van der Waals surface area contributed by atoms with E-state index in [1.54, 1.807) is 11.1 Å². The minimum absolute atomic E-state index is 0.0365. The molecule has 26 heavy (non-hydrogen) atoms. The van der Waals surface area contributed by atoms with Gasteiger partial charge in [0.05, 0.1) is 0 Å². The van der Waals surface area contributed by atoms with Crippen LogP contribution in [0.1, 0.15) is 27.2 Å². The predicted molar refractivity (Wildman–Crippen MR) is 102 cm³/mol. The van der Waals surface area contributed by atoms with Gasteiger partial charge in [-0.25, -0.2) is 0 Å². The van der Waals surface area contributed by atoms with Gasteiger partial charge in [0, 0.05) is 24.0 Å². The van der Waals surface area contributed by atoms with Gasteiger partial charge in [-0.05, 0) is 49.2 Å². The van der Waals surface area contributed by atoms with Crippen molar-refractivity contribution in [1.82, 2.24) is 4.98 Å². The third kappa shape index (κ3) is 3.31. The van der Waals surface area contributed by atoms with Crippen molar-refractivity contribution in [1.29, 1.82) is 0 Å². The Labute approximate surface area is 153 Å².